The summed E-state index contributed by atoms with van der Waals surface area (Å²) >= 11 is 5.92. The summed E-state index contributed by atoms with van der Waals surface area (Å²) in [6.45, 7) is 3.97. The van der Waals surface area contributed by atoms with Crippen molar-refractivity contribution in [2.75, 3.05) is 33.4 Å². The van der Waals surface area contributed by atoms with Crippen molar-refractivity contribution in [3.8, 4) is 0 Å². The lowest BCUT2D eigenvalue weighted by molar-refractivity contribution is 0.0928. The van der Waals surface area contributed by atoms with E-state index in [0.29, 0.717) is 18.2 Å². The van der Waals surface area contributed by atoms with Gasteiger partial charge in [-0.05, 0) is 24.6 Å². The molecule has 0 amide bonds. The van der Waals surface area contributed by atoms with Gasteiger partial charge in [-0.2, -0.15) is 0 Å². The van der Waals surface area contributed by atoms with Crippen LogP contribution in [0.4, 0.5) is 0 Å². The zero-order chi connectivity index (χ0) is 14.3. The minimum absolute atomic E-state index is 0.0413. The minimum atomic E-state index is -0.0513. The number of hydrogen-bond acceptors (Lipinski definition) is 4. The molecular formula is C14H23ClN2O2. The van der Waals surface area contributed by atoms with Gasteiger partial charge in [0.05, 0.1) is 13.2 Å². The molecule has 2 unspecified atom stereocenters. The van der Waals surface area contributed by atoms with Crippen LogP contribution in [0, 0.1) is 0 Å². The van der Waals surface area contributed by atoms with E-state index < -0.39 is 0 Å². The highest BCUT2D eigenvalue weighted by molar-refractivity contribution is 6.30. The van der Waals surface area contributed by atoms with Crippen molar-refractivity contribution in [2.24, 2.45) is 5.73 Å². The molecule has 0 aliphatic carbocycles. The summed E-state index contributed by atoms with van der Waals surface area (Å²) in [7, 11) is 1.67. The van der Waals surface area contributed by atoms with E-state index in [-0.39, 0.29) is 18.7 Å². The Morgan fingerprint density at radius 3 is 2.42 bits per heavy atom. The van der Waals surface area contributed by atoms with Crippen molar-refractivity contribution in [1.82, 2.24) is 4.90 Å². The Hall–Kier alpha value is -0.650. The van der Waals surface area contributed by atoms with Gasteiger partial charge in [-0.25, -0.2) is 0 Å². The molecule has 1 aromatic carbocycles. The maximum Gasteiger partial charge on any atom is 0.0589 e. The standard InChI is InChI=1S/C14H23ClN2O2/c1-11(16)14(12-3-5-13(15)6-4-12)17(7-9-18)8-10-19-2/h3-6,11,14,18H,7-10,16H2,1-2H3. The van der Waals surface area contributed by atoms with Crippen LogP contribution in [0.2, 0.25) is 5.02 Å². The summed E-state index contributed by atoms with van der Waals surface area (Å²) in [5.74, 6) is 0. The Labute approximate surface area is 120 Å². The maximum absolute atomic E-state index is 9.21. The number of hydrogen-bond donors (Lipinski definition) is 2. The summed E-state index contributed by atoms with van der Waals surface area (Å²) < 4.78 is 5.12. The van der Waals surface area contributed by atoms with Gasteiger partial charge in [0, 0.05) is 37.3 Å². The highest BCUT2D eigenvalue weighted by Gasteiger charge is 2.23. The first-order valence-corrected chi connectivity index (χ1v) is 6.82. The fraction of sp³-hybridized carbons (Fsp3) is 0.571. The molecule has 0 heterocycles. The summed E-state index contributed by atoms with van der Waals surface area (Å²) in [4.78, 5) is 2.14. The third-order valence-electron chi connectivity index (χ3n) is 3.07. The predicted molar refractivity (Wildman–Crippen MR) is 78.4 cm³/mol. The second-order valence-electron chi connectivity index (χ2n) is 4.61. The van der Waals surface area contributed by atoms with Crippen molar-refractivity contribution in [2.45, 2.75) is 19.0 Å². The Balaban J connectivity index is 2.92. The van der Waals surface area contributed by atoms with Crippen LogP contribution < -0.4 is 5.73 Å². The van der Waals surface area contributed by atoms with E-state index in [9.17, 15) is 5.11 Å². The second-order valence-corrected chi connectivity index (χ2v) is 5.04. The number of ether oxygens (including phenoxy) is 1. The average Bonchev–Trinajstić information content (AvgIpc) is 2.38. The van der Waals surface area contributed by atoms with Crippen LogP contribution in [0.3, 0.4) is 0 Å². The molecule has 19 heavy (non-hydrogen) atoms. The lowest BCUT2D eigenvalue weighted by Crippen LogP contribution is -2.42. The first kappa shape index (κ1) is 16.4. The number of nitrogens with two attached hydrogens (primary N) is 1. The molecule has 0 radical (unpaired) electrons. The molecule has 2 atom stereocenters. The van der Waals surface area contributed by atoms with Gasteiger partial charge < -0.3 is 15.6 Å². The molecule has 4 nitrogen and oxygen atoms in total. The SMILES string of the molecule is COCCN(CCO)C(c1ccc(Cl)cc1)C(C)N. The molecule has 0 aromatic heterocycles. The lowest BCUT2D eigenvalue weighted by atomic mass is 9.99. The second kappa shape index (κ2) is 8.51. The van der Waals surface area contributed by atoms with Crippen LogP contribution in [0.25, 0.3) is 0 Å². The smallest absolute Gasteiger partial charge is 0.0589 e. The van der Waals surface area contributed by atoms with E-state index >= 15 is 0 Å². The fourth-order valence-corrected chi connectivity index (χ4v) is 2.36. The first-order valence-electron chi connectivity index (χ1n) is 6.45. The van der Waals surface area contributed by atoms with Crippen molar-refractivity contribution in [3.63, 3.8) is 0 Å². The molecular weight excluding hydrogens is 264 g/mol. The Kier molecular flexibility index (Phi) is 7.34. The van der Waals surface area contributed by atoms with E-state index in [1.54, 1.807) is 7.11 Å². The van der Waals surface area contributed by atoms with E-state index in [1.165, 1.54) is 0 Å². The van der Waals surface area contributed by atoms with Gasteiger partial charge in [-0.3, -0.25) is 4.90 Å². The molecule has 108 valence electrons. The number of aliphatic hydroxyl groups is 1. The monoisotopic (exact) mass is 286 g/mol. The van der Waals surface area contributed by atoms with Crippen molar-refractivity contribution >= 4 is 11.6 Å². The Morgan fingerprint density at radius 1 is 1.32 bits per heavy atom. The maximum atomic E-state index is 9.21. The van der Waals surface area contributed by atoms with Gasteiger partial charge in [-0.1, -0.05) is 23.7 Å². The molecule has 0 aliphatic heterocycles. The molecule has 0 aliphatic rings. The molecule has 5 heteroatoms. The van der Waals surface area contributed by atoms with Gasteiger partial charge >= 0.3 is 0 Å². The molecule has 0 saturated carbocycles. The summed E-state index contributed by atoms with van der Waals surface area (Å²) in [6, 6.07) is 7.67. The fourth-order valence-electron chi connectivity index (χ4n) is 2.23. The molecule has 1 aromatic rings. The number of nitrogens with zero attached hydrogens (tertiary/aromatic N) is 1. The van der Waals surface area contributed by atoms with Gasteiger partial charge in [0.25, 0.3) is 0 Å². The molecule has 0 spiro atoms. The van der Waals surface area contributed by atoms with Crippen molar-refractivity contribution < 1.29 is 9.84 Å². The zero-order valence-electron chi connectivity index (χ0n) is 11.6. The highest BCUT2D eigenvalue weighted by atomic mass is 35.5. The Morgan fingerprint density at radius 2 is 1.95 bits per heavy atom. The van der Waals surface area contributed by atoms with Gasteiger partial charge in [0.15, 0.2) is 0 Å². The third kappa shape index (κ3) is 5.09. The number of aliphatic hydroxyl groups excluding tert-OH is 1. The normalized spacial score (nSPS) is 14.6. The molecule has 0 saturated heterocycles. The number of benzene rings is 1. The van der Waals surface area contributed by atoms with Crippen molar-refractivity contribution in [3.05, 3.63) is 34.9 Å². The molecule has 1 rings (SSSR count). The predicted octanol–water partition coefficient (Wildman–Crippen LogP) is 1.67. The lowest BCUT2D eigenvalue weighted by Gasteiger charge is -2.34. The third-order valence-corrected chi connectivity index (χ3v) is 3.32. The minimum Gasteiger partial charge on any atom is -0.395 e. The van der Waals surface area contributed by atoms with Crippen LogP contribution in [0.5, 0.6) is 0 Å². The largest absolute Gasteiger partial charge is 0.395 e. The zero-order valence-corrected chi connectivity index (χ0v) is 12.3. The molecule has 0 bridgehead atoms. The number of methoxy groups -OCH3 is 1. The van der Waals surface area contributed by atoms with Crippen LogP contribution >= 0.6 is 11.6 Å². The van der Waals surface area contributed by atoms with Gasteiger partial charge in [0.1, 0.15) is 0 Å². The number of rotatable bonds is 8. The van der Waals surface area contributed by atoms with Crippen LogP contribution in [-0.4, -0.2) is 49.5 Å². The average molecular weight is 287 g/mol. The summed E-state index contributed by atoms with van der Waals surface area (Å²) in [5, 5.41) is 9.92. The van der Waals surface area contributed by atoms with E-state index in [1.807, 2.05) is 31.2 Å². The van der Waals surface area contributed by atoms with Crippen LogP contribution in [0.1, 0.15) is 18.5 Å². The summed E-state index contributed by atoms with van der Waals surface area (Å²) in [5.41, 5.74) is 7.21. The Bertz CT molecular complexity index is 357. The van der Waals surface area contributed by atoms with E-state index in [4.69, 9.17) is 22.1 Å². The van der Waals surface area contributed by atoms with E-state index in [0.717, 1.165) is 12.1 Å². The number of halogens is 1. The van der Waals surface area contributed by atoms with E-state index in [2.05, 4.69) is 4.90 Å². The van der Waals surface area contributed by atoms with Crippen molar-refractivity contribution in [1.29, 1.82) is 0 Å². The highest BCUT2D eigenvalue weighted by Crippen LogP contribution is 2.24. The van der Waals surface area contributed by atoms with Gasteiger partial charge in [-0.15, -0.1) is 0 Å². The molecule has 3 N–H and O–H groups in total. The quantitative estimate of drug-likeness (QED) is 0.763. The van der Waals surface area contributed by atoms with Gasteiger partial charge in [0.2, 0.25) is 0 Å². The van der Waals surface area contributed by atoms with Crippen LogP contribution in [0.15, 0.2) is 24.3 Å². The topological polar surface area (TPSA) is 58.7 Å². The van der Waals surface area contributed by atoms with Crippen LogP contribution in [-0.2, 0) is 4.74 Å². The summed E-state index contributed by atoms with van der Waals surface area (Å²) in [6.07, 6.45) is 0. The first-order chi connectivity index (χ1) is 9.10. The molecule has 0 fully saturated rings.